The van der Waals surface area contributed by atoms with Crippen LogP contribution in [0.1, 0.15) is 24.2 Å². The van der Waals surface area contributed by atoms with Crippen LogP contribution in [0.25, 0.3) is 0 Å². The van der Waals surface area contributed by atoms with Crippen molar-refractivity contribution in [3.05, 3.63) is 35.4 Å². The summed E-state index contributed by atoms with van der Waals surface area (Å²) >= 11 is 0. The number of nitrogens with one attached hydrogen (secondary N) is 3. The van der Waals surface area contributed by atoms with E-state index in [2.05, 4.69) is 5.32 Å². The van der Waals surface area contributed by atoms with E-state index in [1.54, 1.807) is 13.8 Å². The third-order valence-electron chi connectivity index (χ3n) is 2.09. The van der Waals surface area contributed by atoms with Crippen LogP contribution in [0, 0.1) is 11.6 Å². The normalized spacial score (nSPS) is 10.1. The van der Waals surface area contributed by atoms with Crippen molar-refractivity contribution in [2.75, 3.05) is 0 Å². The number of halogens is 2. The average molecular weight is 285 g/mol. The minimum atomic E-state index is -1.10. The molecule has 0 atom stereocenters. The minimum Gasteiger partial charge on any atom is -0.346 e. The standard InChI is InChI=1S/C12H13F2N3O3/c1-6(2)15-11(19)12(20)17-16-10(18)8-4-3-7(13)5-9(8)14/h3-6H,1-2H3,(H,15,19)(H,16,18)(H,17,20). The van der Waals surface area contributed by atoms with Crippen LogP contribution >= 0.6 is 0 Å². The molecule has 1 rings (SSSR count). The molecule has 0 bridgehead atoms. The maximum atomic E-state index is 13.3. The summed E-state index contributed by atoms with van der Waals surface area (Å²) in [6, 6.07) is 2.09. The molecule has 0 aliphatic heterocycles. The van der Waals surface area contributed by atoms with Gasteiger partial charge in [-0.05, 0) is 26.0 Å². The lowest BCUT2D eigenvalue weighted by Crippen LogP contribution is -2.49. The lowest BCUT2D eigenvalue weighted by atomic mass is 10.2. The molecule has 0 radical (unpaired) electrons. The van der Waals surface area contributed by atoms with Crippen molar-refractivity contribution in [1.29, 1.82) is 0 Å². The van der Waals surface area contributed by atoms with Gasteiger partial charge in [0.25, 0.3) is 5.91 Å². The van der Waals surface area contributed by atoms with Crippen LogP contribution in [-0.4, -0.2) is 23.8 Å². The Morgan fingerprint density at radius 1 is 1.05 bits per heavy atom. The Bertz CT molecular complexity index is 547. The molecular weight excluding hydrogens is 272 g/mol. The molecule has 0 heterocycles. The van der Waals surface area contributed by atoms with Crippen LogP contribution in [-0.2, 0) is 9.59 Å². The van der Waals surface area contributed by atoms with E-state index in [0.717, 1.165) is 12.1 Å². The Labute approximate surface area is 113 Å². The Morgan fingerprint density at radius 2 is 1.70 bits per heavy atom. The number of amides is 3. The first-order valence-corrected chi connectivity index (χ1v) is 5.67. The van der Waals surface area contributed by atoms with Crippen molar-refractivity contribution in [3.8, 4) is 0 Å². The van der Waals surface area contributed by atoms with Crippen LogP contribution in [0.5, 0.6) is 0 Å². The topological polar surface area (TPSA) is 87.3 Å². The maximum Gasteiger partial charge on any atom is 0.327 e. The van der Waals surface area contributed by atoms with Crippen LogP contribution in [0.2, 0.25) is 0 Å². The van der Waals surface area contributed by atoms with E-state index in [1.165, 1.54) is 0 Å². The lowest BCUT2D eigenvalue weighted by Gasteiger charge is -2.10. The number of hydrogen-bond acceptors (Lipinski definition) is 3. The van der Waals surface area contributed by atoms with Crippen molar-refractivity contribution < 1.29 is 23.2 Å². The van der Waals surface area contributed by atoms with Gasteiger partial charge in [-0.1, -0.05) is 0 Å². The van der Waals surface area contributed by atoms with E-state index in [1.807, 2.05) is 10.9 Å². The summed E-state index contributed by atoms with van der Waals surface area (Å²) in [5, 5.41) is 2.30. The first-order chi connectivity index (χ1) is 9.31. The van der Waals surface area contributed by atoms with Gasteiger partial charge >= 0.3 is 11.8 Å². The quantitative estimate of drug-likeness (QED) is 0.537. The molecule has 6 nitrogen and oxygen atoms in total. The molecule has 20 heavy (non-hydrogen) atoms. The lowest BCUT2D eigenvalue weighted by molar-refractivity contribution is -0.139. The molecule has 3 N–H and O–H groups in total. The minimum absolute atomic E-state index is 0.251. The third-order valence-corrected chi connectivity index (χ3v) is 2.09. The molecule has 1 aromatic rings. The molecule has 0 unspecified atom stereocenters. The van der Waals surface area contributed by atoms with Gasteiger partial charge in [-0.25, -0.2) is 8.78 Å². The summed E-state index contributed by atoms with van der Waals surface area (Å²) in [6.07, 6.45) is 0. The molecule has 0 spiro atoms. The van der Waals surface area contributed by atoms with Crippen molar-refractivity contribution in [3.63, 3.8) is 0 Å². The molecular formula is C12H13F2N3O3. The molecule has 0 saturated carbocycles. The van der Waals surface area contributed by atoms with E-state index < -0.39 is 34.9 Å². The zero-order valence-electron chi connectivity index (χ0n) is 10.8. The van der Waals surface area contributed by atoms with Gasteiger partial charge in [-0.2, -0.15) is 0 Å². The highest BCUT2D eigenvalue weighted by atomic mass is 19.1. The fraction of sp³-hybridized carbons (Fsp3) is 0.250. The Balaban J connectivity index is 2.59. The van der Waals surface area contributed by atoms with E-state index in [9.17, 15) is 23.2 Å². The summed E-state index contributed by atoms with van der Waals surface area (Å²) in [5.41, 5.74) is 3.21. The summed E-state index contributed by atoms with van der Waals surface area (Å²) in [6.45, 7) is 3.30. The second-order valence-electron chi connectivity index (χ2n) is 4.16. The number of rotatable bonds is 2. The van der Waals surface area contributed by atoms with Gasteiger partial charge in [0.15, 0.2) is 0 Å². The smallest absolute Gasteiger partial charge is 0.327 e. The molecule has 1 aromatic carbocycles. The van der Waals surface area contributed by atoms with Gasteiger partial charge in [0.1, 0.15) is 11.6 Å². The largest absolute Gasteiger partial charge is 0.346 e. The highest BCUT2D eigenvalue weighted by Gasteiger charge is 2.17. The first kappa shape index (κ1) is 15.5. The van der Waals surface area contributed by atoms with Gasteiger partial charge in [-0.15, -0.1) is 0 Å². The van der Waals surface area contributed by atoms with Gasteiger partial charge in [0, 0.05) is 12.1 Å². The summed E-state index contributed by atoms with van der Waals surface area (Å²) in [4.78, 5) is 34.0. The van der Waals surface area contributed by atoms with Crippen LogP contribution in [0.15, 0.2) is 18.2 Å². The van der Waals surface area contributed by atoms with Crippen molar-refractivity contribution in [2.45, 2.75) is 19.9 Å². The number of hydrazine groups is 1. The van der Waals surface area contributed by atoms with Crippen LogP contribution in [0.3, 0.4) is 0 Å². The maximum absolute atomic E-state index is 13.3. The molecule has 0 fully saturated rings. The summed E-state index contributed by atoms with van der Waals surface area (Å²) in [7, 11) is 0. The summed E-state index contributed by atoms with van der Waals surface area (Å²) in [5.74, 6) is -4.97. The highest BCUT2D eigenvalue weighted by Crippen LogP contribution is 2.08. The number of carbonyl (C=O) groups excluding carboxylic acids is 3. The zero-order chi connectivity index (χ0) is 15.3. The summed E-state index contributed by atoms with van der Waals surface area (Å²) < 4.78 is 25.9. The molecule has 0 aliphatic carbocycles. The second kappa shape index (κ2) is 6.60. The Hall–Kier alpha value is -2.51. The fourth-order valence-corrected chi connectivity index (χ4v) is 1.24. The molecule has 3 amide bonds. The third kappa shape index (κ3) is 4.30. The second-order valence-corrected chi connectivity index (χ2v) is 4.16. The van der Waals surface area contributed by atoms with Gasteiger partial charge in [-0.3, -0.25) is 25.2 Å². The monoisotopic (exact) mass is 285 g/mol. The van der Waals surface area contributed by atoms with Gasteiger partial charge in [0.05, 0.1) is 5.56 Å². The van der Waals surface area contributed by atoms with Crippen LogP contribution in [0.4, 0.5) is 8.78 Å². The van der Waals surface area contributed by atoms with Gasteiger partial charge < -0.3 is 5.32 Å². The van der Waals surface area contributed by atoms with Crippen molar-refractivity contribution in [2.24, 2.45) is 0 Å². The number of carbonyl (C=O) groups is 3. The molecule has 8 heteroatoms. The molecule has 0 aliphatic rings. The predicted octanol–water partition coefficient (Wildman–Crippen LogP) is 0.250. The van der Waals surface area contributed by atoms with E-state index in [0.29, 0.717) is 6.07 Å². The Morgan fingerprint density at radius 3 is 2.25 bits per heavy atom. The molecule has 0 saturated heterocycles. The molecule has 108 valence electrons. The first-order valence-electron chi connectivity index (χ1n) is 5.67. The Kier molecular flexibility index (Phi) is 5.13. The number of benzene rings is 1. The van der Waals surface area contributed by atoms with Crippen molar-refractivity contribution >= 4 is 17.7 Å². The van der Waals surface area contributed by atoms with E-state index in [4.69, 9.17) is 0 Å². The zero-order valence-corrected chi connectivity index (χ0v) is 10.8. The van der Waals surface area contributed by atoms with Crippen LogP contribution < -0.4 is 16.2 Å². The van der Waals surface area contributed by atoms with E-state index >= 15 is 0 Å². The fourth-order valence-electron chi connectivity index (χ4n) is 1.24. The highest BCUT2D eigenvalue weighted by molar-refractivity contribution is 6.35. The van der Waals surface area contributed by atoms with E-state index in [-0.39, 0.29) is 6.04 Å². The SMILES string of the molecule is CC(C)NC(=O)C(=O)NNC(=O)c1ccc(F)cc1F. The van der Waals surface area contributed by atoms with Crippen molar-refractivity contribution in [1.82, 2.24) is 16.2 Å². The van der Waals surface area contributed by atoms with Gasteiger partial charge in [0.2, 0.25) is 0 Å². The average Bonchev–Trinajstić information content (AvgIpc) is 2.34. The predicted molar refractivity (Wildman–Crippen MR) is 65.2 cm³/mol. The number of hydrogen-bond donors (Lipinski definition) is 3. The molecule has 0 aromatic heterocycles.